The van der Waals surface area contributed by atoms with Crippen LogP contribution in [0.15, 0.2) is 55.1 Å². The van der Waals surface area contributed by atoms with E-state index in [4.69, 9.17) is 10.5 Å². The van der Waals surface area contributed by atoms with Gasteiger partial charge < -0.3 is 15.8 Å². The zero-order valence-corrected chi connectivity index (χ0v) is 18.7. The first-order valence-electron chi connectivity index (χ1n) is 10.5. The fraction of sp³-hybridized carbons (Fsp3) is 0.208. The van der Waals surface area contributed by atoms with Crippen molar-refractivity contribution in [3.8, 4) is 11.6 Å². The SMILES string of the molecule is Cc1cncc(Oc2ccc(Cn3cc(C(=O)NCc4c(C)cc(N)nc4C)cn3)cc2)n1. The number of hydrogen-bond donors (Lipinski definition) is 2. The molecule has 0 spiro atoms. The molecule has 0 unspecified atom stereocenters. The number of carbonyl (C=O) groups is 1. The van der Waals surface area contributed by atoms with Crippen LogP contribution in [0.2, 0.25) is 0 Å². The molecule has 4 rings (SSSR count). The molecule has 0 saturated heterocycles. The number of nitrogens with zero attached hydrogens (tertiary/aromatic N) is 5. The number of rotatable bonds is 7. The lowest BCUT2D eigenvalue weighted by atomic mass is 10.1. The van der Waals surface area contributed by atoms with Crippen molar-refractivity contribution in [1.29, 1.82) is 0 Å². The highest BCUT2D eigenvalue weighted by Crippen LogP contribution is 2.20. The number of anilines is 1. The second kappa shape index (κ2) is 9.47. The van der Waals surface area contributed by atoms with Crippen molar-refractivity contribution < 1.29 is 9.53 Å². The lowest BCUT2D eigenvalue weighted by molar-refractivity contribution is 0.0950. The minimum Gasteiger partial charge on any atom is -0.437 e. The van der Waals surface area contributed by atoms with Gasteiger partial charge in [0.25, 0.3) is 5.91 Å². The Hall–Kier alpha value is -4.27. The molecule has 3 N–H and O–H groups in total. The Morgan fingerprint density at radius 2 is 1.88 bits per heavy atom. The van der Waals surface area contributed by atoms with Gasteiger partial charge >= 0.3 is 0 Å². The molecule has 0 fully saturated rings. The van der Waals surface area contributed by atoms with Crippen LogP contribution in [0.4, 0.5) is 5.82 Å². The van der Waals surface area contributed by atoms with E-state index >= 15 is 0 Å². The third-order valence-corrected chi connectivity index (χ3v) is 5.12. The standard InChI is InChI=1S/C24H25N7O2/c1-15-8-22(25)30-17(3)21(15)11-27-24(32)19-10-28-31(14-19)13-18-4-6-20(7-5-18)33-23-12-26-9-16(2)29-23/h4-10,12,14H,11,13H2,1-3H3,(H2,25,30)(H,27,32). The average molecular weight is 444 g/mol. The van der Waals surface area contributed by atoms with Crippen LogP contribution in [0.3, 0.4) is 0 Å². The van der Waals surface area contributed by atoms with Crippen LogP contribution in [0.5, 0.6) is 11.6 Å². The van der Waals surface area contributed by atoms with E-state index in [1.165, 1.54) is 0 Å². The molecule has 0 aliphatic rings. The number of aryl methyl sites for hydroxylation is 3. The summed E-state index contributed by atoms with van der Waals surface area (Å²) in [5.41, 5.74) is 10.8. The zero-order chi connectivity index (χ0) is 23.4. The molecule has 3 heterocycles. The molecule has 33 heavy (non-hydrogen) atoms. The first-order valence-corrected chi connectivity index (χ1v) is 10.5. The van der Waals surface area contributed by atoms with E-state index in [9.17, 15) is 4.79 Å². The number of pyridine rings is 1. The molecule has 0 radical (unpaired) electrons. The third-order valence-electron chi connectivity index (χ3n) is 5.12. The van der Waals surface area contributed by atoms with Gasteiger partial charge in [0.15, 0.2) is 0 Å². The second-order valence-electron chi connectivity index (χ2n) is 7.78. The summed E-state index contributed by atoms with van der Waals surface area (Å²) in [5, 5.41) is 7.24. The molecule has 1 amide bonds. The Bertz CT molecular complexity index is 1260. The lowest BCUT2D eigenvalue weighted by Gasteiger charge is -2.11. The minimum absolute atomic E-state index is 0.195. The summed E-state index contributed by atoms with van der Waals surface area (Å²) in [6.45, 7) is 6.60. The van der Waals surface area contributed by atoms with E-state index in [0.717, 1.165) is 28.1 Å². The van der Waals surface area contributed by atoms with Crippen molar-refractivity contribution in [1.82, 2.24) is 30.0 Å². The molecule has 1 aromatic carbocycles. The van der Waals surface area contributed by atoms with Crippen molar-refractivity contribution in [3.63, 3.8) is 0 Å². The van der Waals surface area contributed by atoms with Crippen LogP contribution >= 0.6 is 0 Å². The quantitative estimate of drug-likeness (QED) is 0.449. The van der Waals surface area contributed by atoms with Crippen LogP contribution in [-0.4, -0.2) is 30.6 Å². The van der Waals surface area contributed by atoms with Gasteiger partial charge in [-0.15, -0.1) is 0 Å². The summed E-state index contributed by atoms with van der Waals surface area (Å²) in [6, 6.07) is 9.42. The van der Waals surface area contributed by atoms with Crippen LogP contribution in [0.25, 0.3) is 0 Å². The molecule has 9 nitrogen and oxygen atoms in total. The Kier molecular flexibility index (Phi) is 6.30. The number of hydrogen-bond acceptors (Lipinski definition) is 7. The summed E-state index contributed by atoms with van der Waals surface area (Å²) in [4.78, 5) is 25.2. The predicted octanol–water partition coefficient (Wildman–Crippen LogP) is 3.35. The van der Waals surface area contributed by atoms with Crippen LogP contribution in [-0.2, 0) is 13.1 Å². The molecule has 0 saturated carbocycles. The zero-order valence-electron chi connectivity index (χ0n) is 18.7. The van der Waals surface area contributed by atoms with Crippen molar-refractivity contribution in [2.45, 2.75) is 33.9 Å². The van der Waals surface area contributed by atoms with E-state index < -0.39 is 0 Å². The normalized spacial score (nSPS) is 10.8. The number of benzene rings is 1. The molecular formula is C24H25N7O2. The van der Waals surface area contributed by atoms with Gasteiger partial charge in [-0.25, -0.2) is 9.97 Å². The molecule has 0 aliphatic heterocycles. The average Bonchev–Trinajstić information content (AvgIpc) is 3.23. The fourth-order valence-corrected chi connectivity index (χ4v) is 3.45. The molecule has 4 aromatic rings. The number of ether oxygens (including phenoxy) is 1. The van der Waals surface area contributed by atoms with E-state index in [2.05, 4.69) is 25.4 Å². The third kappa shape index (κ3) is 5.51. The fourth-order valence-electron chi connectivity index (χ4n) is 3.45. The summed E-state index contributed by atoms with van der Waals surface area (Å²) < 4.78 is 7.45. The van der Waals surface area contributed by atoms with E-state index in [0.29, 0.717) is 36.1 Å². The number of nitrogens with two attached hydrogens (primary N) is 1. The Labute approximate surface area is 191 Å². The maximum Gasteiger partial charge on any atom is 0.254 e. The van der Waals surface area contributed by atoms with Crippen molar-refractivity contribution in [2.75, 3.05) is 5.73 Å². The van der Waals surface area contributed by atoms with Crippen molar-refractivity contribution in [3.05, 3.63) is 88.8 Å². The number of carbonyl (C=O) groups excluding carboxylic acids is 1. The molecule has 0 atom stereocenters. The van der Waals surface area contributed by atoms with E-state index in [1.54, 1.807) is 35.5 Å². The number of nitrogen functional groups attached to an aromatic ring is 1. The second-order valence-corrected chi connectivity index (χ2v) is 7.78. The molecule has 0 aliphatic carbocycles. The van der Waals surface area contributed by atoms with Crippen molar-refractivity contribution >= 4 is 11.7 Å². The van der Waals surface area contributed by atoms with Gasteiger partial charge in [0.2, 0.25) is 5.88 Å². The molecule has 168 valence electrons. The first kappa shape index (κ1) is 21.9. The Morgan fingerprint density at radius 3 is 2.61 bits per heavy atom. The van der Waals surface area contributed by atoms with Gasteiger partial charge in [0.05, 0.1) is 30.2 Å². The van der Waals surface area contributed by atoms with Gasteiger partial charge in [-0.05, 0) is 55.7 Å². The predicted molar refractivity (Wildman–Crippen MR) is 124 cm³/mol. The summed E-state index contributed by atoms with van der Waals surface area (Å²) >= 11 is 0. The Balaban J connectivity index is 1.35. The smallest absolute Gasteiger partial charge is 0.254 e. The van der Waals surface area contributed by atoms with Crippen LogP contribution in [0, 0.1) is 20.8 Å². The maximum atomic E-state index is 12.6. The first-order chi connectivity index (χ1) is 15.9. The maximum absolute atomic E-state index is 12.6. The molecule has 3 aromatic heterocycles. The van der Waals surface area contributed by atoms with Gasteiger partial charge in [0.1, 0.15) is 11.6 Å². The lowest BCUT2D eigenvalue weighted by Crippen LogP contribution is -2.23. The molecule has 9 heteroatoms. The topological polar surface area (TPSA) is 121 Å². The number of amides is 1. The minimum atomic E-state index is -0.195. The highest BCUT2D eigenvalue weighted by atomic mass is 16.5. The van der Waals surface area contributed by atoms with Gasteiger partial charge in [-0.3, -0.25) is 14.5 Å². The largest absolute Gasteiger partial charge is 0.437 e. The summed E-state index contributed by atoms with van der Waals surface area (Å²) in [6.07, 6.45) is 6.53. The van der Waals surface area contributed by atoms with Crippen molar-refractivity contribution in [2.24, 2.45) is 0 Å². The number of nitrogens with one attached hydrogen (secondary N) is 1. The molecular weight excluding hydrogens is 418 g/mol. The van der Waals surface area contributed by atoms with E-state index in [1.807, 2.05) is 45.0 Å². The highest BCUT2D eigenvalue weighted by Gasteiger charge is 2.12. The van der Waals surface area contributed by atoms with Crippen LogP contribution < -0.4 is 15.8 Å². The summed E-state index contributed by atoms with van der Waals surface area (Å²) in [5.74, 6) is 1.40. The van der Waals surface area contributed by atoms with E-state index in [-0.39, 0.29) is 5.91 Å². The van der Waals surface area contributed by atoms with Gasteiger partial charge in [0, 0.05) is 24.6 Å². The highest BCUT2D eigenvalue weighted by molar-refractivity contribution is 5.93. The van der Waals surface area contributed by atoms with Crippen LogP contribution in [0.1, 0.15) is 38.4 Å². The van der Waals surface area contributed by atoms with Gasteiger partial charge in [-0.1, -0.05) is 12.1 Å². The van der Waals surface area contributed by atoms with Gasteiger partial charge in [-0.2, -0.15) is 5.10 Å². The molecule has 0 bridgehead atoms. The Morgan fingerprint density at radius 1 is 1.09 bits per heavy atom. The monoisotopic (exact) mass is 443 g/mol. The number of aromatic nitrogens is 5. The summed E-state index contributed by atoms with van der Waals surface area (Å²) in [7, 11) is 0.